The van der Waals surface area contributed by atoms with E-state index in [0.29, 0.717) is 5.41 Å². The third-order valence-corrected chi connectivity index (χ3v) is 2.69. The largest absolute Gasteiger partial charge is 0.494 e. The van der Waals surface area contributed by atoms with Crippen LogP contribution in [0.25, 0.3) is 0 Å². The monoisotopic (exact) mass is 249 g/mol. The van der Waals surface area contributed by atoms with Crippen LogP contribution >= 0.6 is 0 Å². The summed E-state index contributed by atoms with van der Waals surface area (Å²) in [6, 6.07) is 8.25. The molecule has 102 valence electrons. The van der Waals surface area contributed by atoms with E-state index >= 15 is 0 Å². The van der Waals surface area contributed by atoms with Crippen molar-refractivity contribution in [2.24, 2.45) is 5.41 Å². The first kappa shape index (κ1) is 14.9. The highest BCUT2D eigenvalue weighted by Crippen LogP contribution is 2.19. The highest BCUT2D eigenvalue weighted by Gasteiger charge is 2.09. The van der Waals surface area contributed by atoms with Crippen molar-refractivity contribution in [3.8, 4) is 5.75 Å². The molecule has 1 N–H and O–H groups in total. The third-order valence-electron chi connectivity index (χ3n) is 2.69. The molecule has 1 aromatic carbocycles. The van der Waals surface area contributed by atoms with Crippen molar-refractivity contribution in [1.82, 2.24) is 0 Å². The lowest BCUT2D eigenvalue weighted by molar-refractivity contribution is 0.306. The summed E-state index contributed by atoms with van der Waals surface area (Å²) in [6.07, 6.45) is 3.62. The van der Waals surface area contributed by atoms with Crippen molar-refractivity contribution in [2.75, 3.05) is 18.5 Å². The average molecular weight is 249 g/mol. The maximum atomic E-state index is 5.68. The molecule has 0 aliphatic carbocycles. The Balaban J connectivity index is 2.33. The molecule has 0 atom stereocenters. The topological polar surface area (TPSA) is 21.3 Å². The van der Waals surface area contributed by atoms with E-state index in [1.54, 1.807) is 0 Å². The first-order valence-electron chi connectivity index (χ1n) is 6.98. The summed E-state index contributed by atoms with van der Waals surface area (Å²) >= 11 is 0. The molecule has 0 saturated carbocycles. The molecule has 0 fully saturated rings. The third kappa shape index (κ3) is 6.53. The molecule has 0 bridgehead atoms. The van der Waals surface area contributed by atoms with Crippen LogP contribution in [-0.4, -0.2) is 13.2 Å². The van der Waals surface area contributed by atoms with E-state index in [4.69, 9.17) is 4.74 Å². The molecular weight excluding hydrogens is 222 g/mol. The predicted molar refractivity (Wildman–Crippen MR) is 79.4 cm³/mol. The van der Waals surface area contributed by atoms with Crippen LogP contribution in [-0.2, 0) is 0 Å². The van der Waals surface area contributed by atoms with Crippen LogP contribution in [0.15, 0.2) is 24.3 Å². The SMILES string of the molecule is CCCCCOc1ccc(NCC(C)(C)C)cc1. The summed E-state index contributed by atoms with van der Waals surface area (Å²) < 4.78 is 5.68. The van der Waals surface area contributed by atoms with Gasteiger partial charge in [0, 0.05) is 12.2 Å². The first-order valence-corrected chi connectivity index (χ1v) is 6.98. The Bertz CT molecular complexity index is 324. The molecule has 0 aliphatic heterocycles. The van der Waals surface area contributed by atoms with E-state index in [2.05, 4.69) is 45.1 Å². The van der Waals surface area contributed by atoms with Crippen molar-refractivity contribution in [3.05, 3.63) is 24.3 Å². The minimum atomic E-state index is 0.301. The predicted octanol–water partition coefficient (Wildman–Crippen LogP) is 4.71. The van der Waals surface area contributed by atoms with Crippen LogP contribution in [0.2, 0.25) is 0 Å². The Labute approximate surface area is 112 Å². The van der Waals surface area contributed by atoms with Gasteiger partial charge in [-0.1, -0.05) is 40.5 Å². The molecule has 1 rings (SSSR count). The van der Waals surface area contributed by atoms with E-state index in [-0.39, 0.29) is 0 Å². The smallest absolute Gasteiger partial charge is 0.119 e. The molecule has 0 saturated heterocycles. The lowest BCUT2D eigenvalue weighted by atomic mass is 9.97. The molecule has 0 aliphatic rings. The second kappa shape index (κ2) is 7.30. The number of hydrogen-bond acceptors (Lipinski definition) is 2. The highest BCUT2D eigenvalue weighted by atomic mass is 16.5. The fraction of sp³-hybridized carbons (Fsp3) is 0.625. The number of hydrogen-bond donors (Lipinski definition) is 1. The van der Waals surface area contributed by atoms with Gasteiger partial charge >= 0.3 is 0 Å². The number of anilines is 1. The summed E-state index contributed by atoms with van der Waals surface area (Å²) in [5.41, 5.74) is 1.46. The van der Waals surface area contributed by atoms with Gasteiger partial charge in [-0.05, 0) is 36.1 Å². The zero-order chi connectivity index (χ0) is 13.4. The Morgan fingerprint density at radius 1 is 1.06 bits per heavy atom. The van der Waals surface area contributed by atoms with Crippen molar-refractivity contribution < 1.29 is 4.74 Å². The zero-order valence-electron chi connectivity index (χ0n) is 12.3. The first-order chi connectivity index (χ1) is 8.51. The van der Waals surface area contributed by atoms with Crippen molar-refractivity contribution >= 4 is 5.69 Å². The average Bonchev–Trinajstić information content (AvgIpc) is 2.33. The maximum Gasteiger partial charge on any atom is 0.119 e. The second-order valence-electron chi connectivity index (χ2n) is 5.99. The summed E-state index contributed by atoms with van der Waals surface area (Å²) in [7, 11) is 0. The molecule has 0 amide bonds. The number of ether oxygens (including phenoxy) is 1. The number of nitrogens with one attached hydrogen (secondary N) is 1. The van der Waals surface area contributed by atoms with Gasteiger partial charge in [-0.2, -0.15) is 0 Å². The Hall–Kier alpha value is -1.18. The van der Waals surface area contributed by atoms with Crippen LogP contribution in [0.4, 0.5) is 5.69 Å². The van der Waals surface area contributed by atoms with Crippen molar-refractivity contribution in [2.45, 2.75) is 47.0 Å². The van der Waals surface area contributed by atoms with E-state index < -0.39 is 0 Å². The van der Waals surface area contributed by atoms with E-state index in [0.717, 1.165) is 31.0 Å². The highest BCUT2D eigenvalue weighted by molar-refractivity contribution is 5.46. The minimum absolute atomic E-state index is 0.301. The molecule has 2 heteroatoms. The maximum absolute atomic E-state index is 5.68. The van der Waals surface area contributed by atoms with E-state index in [9.17, 15) is 0 Å². The van der Waals surface area contributed by atoms with Gasteiger partial charge in [0.05, 0.1) is 6.61 Å². The summed E-state index contributed by atoms with van der Waals surface area (Å²) in [5, 5.41) is 3.43. The molecule has 1 aromatic rings. The fourth-order valence-electron chi connectivity index (χ4n) is 1.58. The van der Waals surface area contributed by atoms with Gasteiger partial charge in [0.1, 0.15) is 5.75 Å². The normalized spacial score (nSPS) is 11.3. The molecule has 0 spiro atoms. The van der Waals surface area contributed by atoms with Gasteiger partial charge in [-0.25, -0.2) is 0 Å². The Morgan fingerprint density at radius 3 is 2.28 bits per heavy atom. The van der Waals surface area contributed by atoms with Crippen LogP contribution in [0.1, 0.15) is 47.0 Å². The molecule has 0 aromatic heterocycles. The number of rotatable bonds is 7. The molecule has 18 heavy (non-hydrogen) atoms. The lowest BCUT2D eigenvalue weighted by Crippen LogP contribution is -2.18. The fourth-order valence-corrected chi connectivity index (χ4v) is 1.58. The van der Waals surface area contributed by atoms with Gasteiger partial charge in [-0.15, -0.1) is 0 Å². The van der Waals surface area contributed by atoms with Crippen LogP contribution in [0.5, 0.6) is 5.75 Å². The van der Waals surface area contributed by atoms with Crippen molar-refractivity contribution in [1.29, 1.82) is 0 Å². The summed E-state index contributed by atoms with van der Waals surface area (Å²) in [4.78, 5) is 0. The molecule has 0 radical (unpaired) electrons. The summed E-state index contributed by atoms with van der Waals surface area (Å²) in [6.45, 7) is 10.7. The van der Waals surface area contributed by atoms with Gasteiger partial charge in [-0.3, -0.25) is 0 Å². The Morgan fingerprint density at radius 2 is 1.72 bits per heavy atom. The van der Waals surface area contributed by atoms with Gasteiger partial charge in [0.2, 0.25) is 0 Å². The standard InChI is InChI=1S/C16H27NO/c1-5-6-7-12-18-15-10-8-14(9-11-15)17-13-16(2,3)4/h8-11,17H,5-7,12-13H2,1-4H3. The quantitative estimate of drug-likeness (QED) is 0.706. The molecule has 2 nitrogen and oxygen atoms in total. The van der Waals surface area contributed by atoms with Crippen LogP contribution in [0.3, 0.4) is 0 Å². The van der Waals surface area contributed by atoms with Gasteiger partial charge < -0.3 is 10.1 Å². The lowest BCUT2D eigenvalue weighted by Gasteiger charge is -2.19. The van der Waals surface area contributed by atoms with Gasteiger partial charge in [0.15, 0.2) is 0 Å². The van der Waals surface area contributed by atoms with Gasteiger partial charge in [0.25, 0.3) is 0 Å². The number of unbranched alkanes of at least 4 members (excludes halogenated alkanes) is 2. The van der Waals surface area contributed by atoms with Crippen LogP contribution in [0, 0.1) is 5.41 Å². The molecule has 0 unspecified atom stereocenters. The molecule has 0 heterocycles. The second-order valence-corrected chi connectivity index (χ2v) is 5.99. The van der Waals surface area contributed by atoms with Crippen molar-refractivity contribution in [3.63, 3.8) is 0 Å². The van der Waals surface area contributed by atoms with E-state index in [1.165, 1.54) is 12.8 Å². The minimum Gasteiger partial charge on any atom is -0.494 e. The number of benzene rings is 1. The van der Waals surface area contributed by atoms with E-state index in [1.807, 2.05) is 12.1 Å². The molecular formula is C16H27NO. The van der Waals surface area contributed by atoms with Crippen LogP contribution < -0.4 is 10.1 Å². The summed E-state index contributed by atoms with van der Waals surface area (Å²) in [5.74, 6) is 0.965. The Kier molecular flexibility index (Phi) is 6.03. The zero-order valence-corrected chi connectivity index (χ0v) is 12.3.